The molecule has 0 saturated carbocycles. The fraction of sp³-hybridized carbons (Fsp3) is 0.511. The van der Waals surface area contributed by atoms with Gasteiger partial charge in [0.25, 0.3) is 5.91 Å². The Labute approximate surface area is 387 Å². The third-order valence-electron chi connectivity index (χ3n) is 11.4. The molecule has 5 atom stereocenters. The summed E-state index contributed by atoms with van der Waals surface area (Å²) in [4.78, 5) is 71.5. The van der Waals surface area contributed by atoms with Gasteiger partial charge >= 0.3 is 7.12 Å². The Morgan fingerprint density at radius 3 is 2.14 bits per heavy atom. The number of rotatable bonds is 23. The van der Waals surface area contributed by atoms with Gasteiger partial charge in [0.2, 0.25) is 23.6 Å². The molecule has 1 aliphatic rings. The topological polar surface area (TPSA) is 274 Å². The van der Waals surface area contributed by atoms with E-state index in [1.165, 1.54) is 39.4 Å². The molecule has 0 unspecified atom stereocenters. The van der Waals surface area contributed by atoms with Crippen LogP contribution in [0.15, 0.2) is 54.6 Å². The smallest absolute Gasteiger partial charge is 0.475 e. The summed E-state index contributed by atoms with van der Waals surface area (Å²) in [5.41, 5.74) is 19.7. The highest BCUT2D eigenvalue weighted by molar-refractivity contribution is 6.43. The number of halogens is 1. The van der Waals surface area contributed by atoms with E-state index in [1.807, 2.05) is 0 Å². The number of ether oxygens (including phenoxy) is 2. The van der Waals surface area contributed by atoms with Gasteiger partial charge in [-0.15, -0.1) is 0 Å². The normalized spacial score (nSPS) is 17.0. The first-order chi connectivity index (χ1) is 31.6. The maximum Gasteiger partial charge on any atom is 0.475 e. The summed E-state index contributed by atoms with van der Waals surface area (Å²) in [7, 11) is -0.510. The third-order valence-corrected chi connectivity index (χ3v) is 11.4. The highest BCUT2D eigenvalue weighted by Crippen LogP contribution is 2.40. The van der Waals surface area contributed by atoms with Crippen molar-refractivity contribution in [3.05, 3.63) is 82.7 Å². The molecule has 1 heterocycles. The lowest BCUT2D eigenvalue weighted by Crippen LogP contribution is -2.57. The van der Waals surface area contributed by atoms with Crippen molar-refractivity contribution in [3.63, 3.8) is 0 Å². The Balaban J connectivity index is 1.78. The number of carbonyl (C=O) groups excluding carboxylic acids is 5. The number of hydrogen-bond donors (Lipinski definition) is 9. The first kappa shape index (κ1) is 53.0. The van der Waals surface area contributed by atoms with Gasteiger partial charge in [-0.3, -0.25) is 24.0 Å². The van der Waals surface area contributed by atoms with E-state index in [1.54, 1.807) is 42.5 Å². The average molecular weight is 919 g/mol. The van der Waals surface area contributed by atoms with E-state index in [9.17, 15) is 34.0 Å². The second-order valence-electron chi connectivity index (χ2n) is 16.7. The summed E-state index contributed by atoms with van der Waals surface area (Å²) in [5, 5.41) is 30.0. The number of unbranched alkanes of at least 4 members (excludes halogenated alkanes) is 5. The zero-order valence-electron chi connectivity index (χ0n) is 38.6. The van der Waals surface area contributed by atoms with E-state index in [-0.39, 0.29) is 56.8 Å². The largest absolute Gasteiger partial charge is 0.492 e. The lowest BCUT2D eigenvalue weighted by molar-refractivity contribution is -0.141. The molecule has 66 heavy (non-hydrogen) atoms. The zero-order chi connectivity index (χ0) is 48.3. The predicted molar refractivity (Wildman–Crippen MR) is 251 cm³/mol. The Morgan fingerprint density at radius 2 is 1.50 bits per heavy atom. The summed E-state index contributed by atoms with van der Waals surface area (Å²) < 4.78 is 27.7. The van der Waals surface area contributed by atoms with Crippen LogP contribution < -0.4 is 47.9 Å². The predicted octanol–water partition coefficient (Wildman–Crippen LogP) is 2.17. The van der Waals surface area contributed by atoms with Crippen molar-refractivity contribution in [3.8, 4) is 22.6 Å². The summed E-state index contributed by atoms with van der Waals surface area (Å²) >= 11 is 0. The van der Waals surface area contributed by atoms with Crippen LogP contribution >= 0.6 is 0 Å². The maximum absolute atomic E-state index is 15.5. The van der Waals surface area contributed by atoms with Crippen molar-refractivity contribution in [2.24, 2.45) is 17.2 Å². The van der Waals surface area contributed by atoms with E-state index in [4.69, 9.17) is 26.7 Å². The molecule has 360 valence electrons. The number of hydrogen-bond acceptors (Lipinski definition) is 12. The number of nitrogens with zero attached hydrogens (tertiary/aromatic N) is 1. The monoisotopic (exact) mass is 919 g/mol. The molecule has 17 nitrogen and oxygen atoms in total. The lowest BCUT2D eigenvalue weighted by atomic mass is 9.81. The number of benzene rings is 3. The molecular formula is C47H68BFN8O9. The van der Waals surface area contributed by atoms with E-state index in [2.05, 4.69) is 28.2 Å². The van der Waals surface area contributed by atoms with Crippen LogP contribution in [0.2, 0.25) is 0 Å². The number of nitrogens with one attached hydrogen (secondary N) is 4. The first-order valence-corrected chi connectivity index (χ1v) is 22.9. The van der Waals surface area contributed by atoms with Gasteiger partial charge in [-0.05, 0) is 99.2 Å². The molecule has 1 aliphatic heterocycles. The van der Waals surface area contributed by atoms with Crippen molar-refractivity contribution < 1.29 is 47.9 Å². The van der Waals surface area contributed by atoms with Gasteiger partial charge in [0.1, 0.15) is 54.7 Å². The highest BCUT2D eigenvalue weighted by atomic mass is 19.1. The van der Waals surface area contributed by atoms with E-state index in [0.717, 1.165) is 42.6 Å². The molecular weight excluding hydrogens is 850 g/mol. The number of amides is 5. The fourth-order valence-electron chi connectivity index (χ4n) is 7.68. The second kappa shape index (κ2) is 26.5. The first-order valence-electron chi connectivity index (χ1n) is 22.9. The van der Waals surface area contributed by atoms with Crippen LogP contribution in [0.4, 0.5) is 4.39 Å². The van der Waals surface area contributed by atoms with Gasteiger partial charge in [0.15, 0.2) is 0 Å². The van der Waals surface area contributed by atoms with Crippen molar-refractivity contribution in [1.29, 1.82) is 0 Å². The van der Waals surface area contributed by atoms with Crippen molar-refractivity contribution in [2.45, 2.75) is 115 Å². The molecule has 0 fully saturated rings. The van der Waals surface area contributed by atoms with E-state index in [0.29, 0.717) is 41.0 Å². The quantitative estimate of drug-likeness (QED) is 0.0490. The minimum absolute atomic E-state index is 0.0530. The van der Waals surface area contributed by atoms with Crippen molar-refractivity contribution >= 4 is 36.7 Å². The molecule has 3 aromatic carbocycles. The average Bonchev–Trinajstić information content (AvgIpc) is 3.29. The van der Waals surface area contributed by atoms with Crippen molar-refractivity contribution in [1.82, 2.24) is 26.2 Å². The molecule has 19 heteroatoms. The Bertz CT molecular complexity index is 2110. The van der Waals surface area contributed by atoms with Gasteiger partial charge in [0.05, 0.1) is 11.5 Å². The molecule has 4 bridgehead atoms. The van der Waals surface area contributed by atoms with Gasteiger partial charge < -0.3 is 62.9 Å². The fourth-order valence-corrected chi connectivity index (χ4v) is 7.68. The van der Waals surface area contributed by atoms with E-state index < -0.39 is 72.6 Å². The van der Waals surface area contributed by atoms with Crippen LogP contribution in [-0.4, -0.2) is 116 Å². The Morgan fingerprint density at radius 1 is 0.848 bits per heavy atom. The molecule has 5 amide bonds. The second-order valence-corrected chi connectivity index (χ2v) is 16.7. The standard InChI is InChI=1S/C47H68BFN8O9/c1-5-6-7-8-9-10-12-31-14-17-34(37(49)26-31)44(59)55-38(13-11-20-50)47(62)57(4)42-33-16-19-41(66-24-22-52)36(28-33)35-25-32(15-18-40(35)65-23-21-51)27-39(45(60)54-30(3)48(63)64)56-43(58)29(2)53-46(42)61/h14-19,25-26,28-30,38-39,42,63-64H,5-13,20-24,27,50-52H2,1-4H3,(H,53,61)(H,54,60)(H,55,59)(H,56,58)/t29-,30-,38-,39-,42-/m0/s1. The maximum atomic E-state index is 15.5. The minimum atomic E-state index is -1.89. The van der Waals surface area contributed by atoms with Crippen LogP contribution in [0.25, 0.3) is 11.1 Å². The molecule has 0 spiro atoms. The summed E-state index contributed by atoms with van der Waals surface area (Å²) in [6.07, 6.45) is 7.45. The number of likely N-dealkylation sites (N-methyl/N-ethyl adjacent to an activating group) is 1. The minimum Gasteiger partial charge on any atom is -0.492 e. The molecule has 0 radical (unpaired) electrons. The molecule has 0 saturated heterocycles. The Hall–Kier alpha value is -5.60. The highest BCUT2D eigenvalue weighted by Gasteiger charge is 2.36. The molecule has 3 aromatic rings. The van der Waals surface area contributed by atoms with Crippen LogP contribution in [-0.2, 0) is 32.0 Å². The number of fused-ring (bicyclic) bond motifs is 5. The van der Waals surface area contributed by atoms with Crippen molar-refractivity contribution in [2.75, 3.05) is 39.9 Å². The molecule has 12 N–H and O–H groups in total. The SMILES string of the molecule is CCCCCCCCc1ccc(C(=O)N[C@@H](CCCN)C(=O)N(C)[C@@H]2C(=O)N[C@@H](C)C(=O)N[C@H](C(=O)N[C@@H](C)B(O)O)Cc3ccc(OCCN)c(c3)-c3cc2ccc3OCCN)c(F)c1. The van der Waals surface area contributed by atoms with E-state index >= 15 is 4.39 Å². The van der Waals surface area contributed by atoms with Crippen LogP contribution in [0.1, 0.15) is 105 Å². The number of nitrogens with two attached hydrogens (primary N) is 3. The van der Waals surface area contributed by atoms with Gasteiger partial charge in [-0.25, -0.2) is 4.39 Å². The molecule has 4 rings (SSSR count). The van der Waals surface area contributed by atoms with Gasteiger partial charge in [-0.1, -0.05) is 57.2 Å². The summed E-state index contributed by atoms with van der Waals surface area (Å²) in [6.45, 7) is 5.68. The number of aryl methyl sites for hydroxylation is 1. The third kappa shape index (κ3) is 15.0. The van der Waals surface area contributed by atoms with Gasteiger partial charge in [-0.2, -0.15) is 0 Å². The van der Waals surface area contributed by atoms with Gasteiger partial charge in [0, 0.05) is 37.7 Å². The summed E-state index contributed by atoms with van der Waals surface area (Å²) in [5.74, 6) is -4.93. The Kier molecular flexibility index (Phi) is 21.3. The van der Waals surface area contributed by atoms with Crippen LogP contribution in [0, 0.1) is 5.82 Å². The molecule has 0 aromatic heterocycles. The lowest BCUT2D eigenvalue weighted by Gasteiger charge is -2.33. The summed E-state index contributed by atoms with van der Waals surface area (Å²) in [6, 6.07) is 9.18. The van der Waals surface area contributed by atoms with Crippen LogP contribution in [0.5, 0.6) is 11.5 Å². The number of carbonyl (C=O) groups is 5. The molecule has 0 aliphatic carbocycles. The van der Waals surface area contributed by atoms with Crippen LogP contribution in [0.3, 0.4) is 0 Å². The zero-order valence-corrected chi connectivity index (χ0v) is 38.6.